The first kappa shape index (κ1) is 9.33. The highest BCUT2D eigenvalue weighted by Crippen LogP contribution is 2.16. The predicted octanol–water partition coefficient (Wildman–Crippen LogP) is -0.274. The van der Waals surface area contributed by atoms with Crippen LogP contribution in [-0.4, -0.2) is 13.2 Å². The summed E-state index contributed by atoms with van der Waals surface area (Å²) >= 11 is 0. The van der Waals surface area contributed by atoms with Crippen molar-refractivity contribution in [2.45, 2.75) is 6.92 Å². The summed E-state index contributed by atoms with van der Waals surface area (Å²) < 4.78 is 4.95. The first-order valence-electron chi connectivity index (χ1n) is 3.85. The molecule has 0 aliphatic carbocycles. The van der Waals surface area contributed by atoms with Crippen molar-refractivity contribution >= 4 is 5.69 Å². The van der Waals surface area contributed by atoms with Gasteiger partial charge in [0, 0.05) is 0 Å². The van der Waals surface area contributed by atoms with E-state index in [1.807, 2.05) is 0 Å². The van der Waals surface area contributed by atoms with Gasteiger partial charge in [0.1, 0.15) is 5.69 Å². The van der Waals surface area contributed by atoms with E-state index < -0.39 is 10.9 Å². The lowest BCUT2D eigenvalue weighted by Crippen LogP contribution is -2.35. The molecule has 0 spiro atoms. The third-order valence-electron chi connectivity index (χ3n) is 1.52. The Bertz CT molecular complexity index is 407. The van der Waals surface area contributed by atoms with Crippen LogP contribution in [0.1, 0.15) is 6.92 Å². The molecule has 0 radical (unpaired) electrons. The molecule has 4 nitrogen and oxygen atoms in total. The van der Waals surface area contributed by atoms with Crippen molar-refractivity contribution in [3.05, 3.63) is 20.4 Å². The van der Waals surface area contributed by atoms with E-state index in [1.165, 1.54) is 0 Å². The van der Waals surface area contributed by atoms with Crippen molar-refractivity contribution in [3.63, 3.8) is 0 Å². The third kappa shape index (κ3) is 1.54. The molecule has 1 rings (SSSR count). The van der Waals surface area contributed by atoms with Crippen LogP contribution < -0.4 is 20.9 Å². The monoisotopic (exact) mass is 179 g/mol. The molecule has 0 saturated carbocycles. The minimum absolute atomic E-state index is 0.0998. The number of rotatable bonds is 4. The zero-order valence-corrected chi connectivity index (χ0v) is 7.22. The van der Waals surface area contributed by atoms with E-state index in [0.29, 0.717) is 6.61 Å². The lowest BCUT2D eigenvalue weighted by atomic mass is 10.2. The minimum atomic E-state index is -0.582. The molecule has 4 heteroatoms. The van der Waals surface area contributed by atoms with E-state index in [1.54, 1.807) is 6.92 Å². The standard InChI is InChI=1S/C9H9NO3/c1-3-5-10-6-7(11)8(12)9(6)13-4-2/h1,10H,4-5H2,2H3. The molecule has 0 saturated heterocycles. The van der Waals surface area contributed by atoms with Gasteiger partial charge < -0.3 is 10.1 Å². The highest BCUT2D eigenvalue weighted by atomic mass is 16.5. The SMILES string of the molecule is C#CCNc1c(OCC)c(=O)c1=O. The molecule has 0 bridgehead atoms. The Morgan fingerprint density at radius 3 is 2.69 bits per heavy atom. The maximum Gasteiger partial charge on any atom is 0.272 e. The quantitative estimate of drug-likeness (QED) is 0.510. The van der Waals surface area contributed by atoms with E-state index in [0.717, 1.165) is 0 Å². The summed E-state index contributed by atoms with van der Waals surface area (Å²) in [5.74, 6) is 2.40. The third-order valence-corrected chi connectivity index (χ3v) is 1.52. The van der Waals surface area contributed by atoms with Crippen molar-refractivity contribution < 1.29 is 4.74 Å². The van der Waals surface area contributed by atoms with E-state index in [9.17, 15) is 9.59 Å². The molecular formula is C9H9NO3. The van der Waals surface area contributed by atoms with Crippen molar-refractivity contribution in [2.75, 3.05) is 18.5 Å². The molecule has 0 atom stereocenters. The molecule has 0 aliphatic heterocycles. The fraction of sp³-hybridized carbons (Fsp3) is 0.333. The Hall–Kier alpha value is -1.76. The van der Waals surface area contributed by atoms with Gasteiger partial charge in [-0.3, -0.25) is 9.59 Å². The second-order valence-electron chi connectivity index (χ2n) is 2.35. The second kappa shape index (κ2) is 3.76. The van der Waals surface area contributed by atoms with Crippen molar-refractivity contribution in [2.24, 2.45) is 0 Å². The number of terminal acetylenes is 1. The maximum atomic E-state index is 10.9. The summed E-state index contributed by atoms with van der Waals surface area (Å²) in [6.45, 7) is 2.31. The summed E-state index contributed by atoms with van der Waals surface area (Å²) in [5, 5.41) is 2.63. The van der Waals surface area contributed by atoms with E-state index in [2.05, 4.69) is 11.2 Å². The molecule has 0 unspecified atom stereocenters. The van der Waals surface area contributed by atoms with Crippen LogP contribution in [0.3, 0.4) is 0 Å². The van der Waals surface area contributed by atoms with Crippen LogP contribution in [0.5, 0.6) is 5.75 Å². The number of anilines is 1. The molecule has 68 valence electrons. The number of nitrogens with one attached hydrogen (secondary N) is 1. The fourth-order valence-electron chi connectivity index (χ4n) is 0.953. The lowest BCUT2D eigenvalue weighted by Gasteiger charge is -2.10. The molecule has 1 aromatic carbocycles. The zero-order chi connectivity index (χ0) is 9.84. The van der Waals surface area contributed by atoms with Gasteiger partial charge in [-0.25, -0.2) is 0 Å². The average molecular weight is 179 g/mol. The Morgan fingerprint density at radius 2 is 2.15 bits per heavy atom. The first-order valence-corrected chi connectivity index (χ1v) is 3.85. The van der Waals surface area contributed by atoms with Crippen LogP contribution in [0.15, 0.2) is 9.59 Å². The minimum Gasteiger partial charge on any atom is -0.488 e. The van der Waals surface area contributed by atoms with Crippen LogP contribution in [0.4, 0.5) is 5.69 Å². The molecule has 0 aromatic heterocycles. The second-order valence-corrected chi connectivity index (χ2v) is 2.35. The van der Waals surface area contributed by atoms with Crippen molar-refractivity contribution in [3.8, 4) is 18.1 Å². The van der Waals surface area contributed by atoms with Crippen LogP contribution in [-0.2, 0) is 0 Å². The smallest absolute Gasteiger partial charge is 0.272 e. The highest BCUT2D eigenvalue weighted by Gasteiger charge is 2.21. The van der Waals surface area contributed by atoms with Gasteiger partial charge in [0.05, 0.1) is 13.2 Å². The largest absolute Gasteiger partial charge is 0.488 e. The molecule has 0 heterocycles. The lowest BCUT2D eigenvalue weighted by molar-refractivity contribution is 0.335. The molecule has 1 N–H and O–H groups in total. The molecule has 13 heavy (non-hydrogen) atoms. The number of hydrogen-bond donors (Lipinski definition) is 1. The van der Waals surface area contributed by atoms with Gasteiger partial charge >= 0.3 is 0 Å². The van der Waals surface area contributed by atoms with Crippen molar-refractivity contribution in [1.82, 2.24) is 0 Å². The summed E-state index contributed by atoms with van der Waals surface area (Å²) in [7, 11) is 0. The summed E-state index contributed by atoms with van der Waals surface area (Å²) in [5.41, 5.74) is -0.940. The first-order chi connectivity index (χ1) is 6.22. The van der Waals surface area contributed by atoms with Gasteiger partial charge in [0.25, 0.3) is 10.9 Å². The van der Waals surface area contributed by atoms with Gasteiger partial charge in [-0.2, -0.15) is 0 Å². The molecule has 0 aliphatic rings. The fourth-order valence-corrected chi connectivity index (χ4v) is 0.953. The normalized spacial score (nSPS) is 9.54. The van der Waals surface area contributed by atoms with Crippen LogP contribution in [0.2, 0.25) is 0 Å². The average Bonchev–Trinajstić information content (AvgIpc) is 2.16. The Morgan fingerprint density at radius 1 is 1.46 bits per heavy atom. The van der Waals surface area contributed by atoms with Crippen LogP contribution >= 0.6 is 0 Å². The van der Waals surface area contributed by atoms with Crippen molar-refractivity contribution in [1.29, 1.82) is 0 Å². The Kier molecular flexibility index (Phi) is 2.70. The molecular weight excluding hydrogens is 170 g/mol. The van der Waals surface area contributed by atoms with Crippen LogP contribution in [0, 0.1) is 12.3 Å². The van der Waals surface area contributed by atoms with Gasteiger partial charge in [-0.05, 0) is 6.92 Å². The van der Waals surface area contributed by atoms with Gasteiger partial charge in [-0.1, -0.05) is 5.92 Å². The zero-order valence-electron chi connectivity index (χ0n) is 7.22. The Balaban J connectivity index is 2.83. The number of ether oxygens (including phenoxy) is 1. The molecule has 0 fully saturated rings. The number of hydrogen-bond acceptors (Lipinski definition) is 4. The topological polar surface area (TPSA) is 55.4 Å². The van der Waals surface area contributed by atoms with E-state index in [4.69, 9.17) is 11.2 Å². The highest BCUT2D eigenvalue weighted by molar-refractivity contribution is 5.62. The molecule has 1 aromatic rings. The predicted molar refractivity (Wildman–Crippen MR) is 49.8 cm³/mol. The molecule has 0 amide bonds. The van der Waals surface area contributed by atoms with Gasteiger partial charge in [-0.15, -0.1) is 6.42 Å². The van der Waals surface area contributed by atoms with Crippen LogP contribution in [0.25, 0.3) is 0 Å². The summed E-state index contributed by atoms with van der Waals surface area (Å²) in [4.78, 5) is 21.8. The van der Waals surface area contributed by atoms with E-state index >= 15 is 0 Å². The maximum absolute atomic E-state index is 10.9. The van der Waals surface area contributed by atoms with E-state index in [-0.39, 0.29) is 18.0 Å². The Labute approximate surface area is 75.2 Å². The summed E-state index contributed by atoms with van der Waals surface area (Å²) in [6.07, 6.45) is 4.98. The summed E-state index contributed by atoms with van der Waals surface area (Å²) in [6, 6.07) is 0. The van der Waals surface area contributed by atoms with Gasteiger partial charge in [0.2, 0.25) is 0 Å². The van der Waals surface area contributed by atoms with Gasteiger partial charge in [0.15, 0.2) is 5.75 Å².